The van der Waals surface area contributed by atoms with Crippen LogP contribution in [0.3, 0.4) is 0 Å². The van der Waals surface area contributed by atoms with Gasteiger partial charge in [0, 0.05) is 30.3 Å². The van der Waals surface area contributed by atoms with E-state index in [9.17, 15) is 13.2 Å². The molecule has 7 heteroatoms. The van der Waals surface area contributed by atoms with E-state index in [0.717, 1.165) is 22.2 Å². The summed E-state index contributed by atoms with van der Waals surface area (Å²) in [6, 6.07) is 15.4. The molecule has 1 fully saturated rings. The molecule has 0 atom stereocenters. The van der Waals surface area contributed by atoms with E-state index in [1.807, 2.05) is 60.7 Å². The summed E-state index contributed by atoms with van der Waals surface area (Å²) < 4.78 is 23.3. The number of benzene rings is 2. The van der Waals surface area contributed by atoms with Crippen LogP contribution in [0.1, 0.15) is 34.5 Å². The summed E-state index contributed by atoms with van der Waals surface area (Å²) in [5.41, 5.74) is 3.46. The average molecular weight is 410 g/mol. The number of para-hydroxylation sites is 1. The van der Waals surface area contributed by atoms with Crippen molar-refractivity contribution in [3.05, 3.63) is 65.4 Å². The first kappa shape index (κ1) is 19.4. The van der Waals surface area contributed by atoms with Gasteiger partial charge in [0.05, 0.1) is 16.5 Å². The van der Waals surface area contributed by atoms with E-state index in [2.05, 4.69) is 10.2 Å². The molecule has 0 saturated carbocycles. The Balaban J connectivity index is 1.42. The summed E-state index contributed by atoms with van der Waals surface area (Å²) in [5, 5.41) is 8.06. The van der Waals surface area contributed by atoms with Crippen molar-refractivity contribution in [2.24, 2.45) is 0 Å². The van der Waals surface area contributed by atoms with Gasteiger partial charge in [-0.2, -0.15) is 5.10 Å². The summed E-state index contributed by atoms with van der Waals surface area (Å²) in [7, 11) is -3.04. The Labute approximate surface area is 170 Å². The SMILES string of the molecule is CS(=O)(=O)C1CCN(C(=O)c2ccc(C=Cc3n[nH]c4ccccc34)cc2)CC1. The van der Waals surface area contributed by atoms with Crippen molar-refractivity contribution in [2.75, 3.05) is 19.3 Å². The summed E-state index contributed by atoms with van der Waals surface area (Å²) in [5.74, 6) is -0.0502. The maximum absolute atomic E-state index is 12.7. The fourth-order valence-corrected chi connectivity index (χ4v) is 4.76. The number of hydrogen-bond acceptors (Lipinski definition) is 4. The molecule has 150 valence electrons. The number of rotatable bonds is 4. The average Bonchev–Trinajstić information content (AvgIpc) is 3.15. The third-order valence-corrected chi connectivity index (χ3v) is 7.11. The summed E-state index contributed by atoms with van der Waals surface area (Å²) in [6.07, 6.45) is 6.19. The molecule has 0 spiro atoms. The highest BCUT2D eigenvalue weighted by Crippen LogP contribution is 2.20. The van der Waals surface area contributed by atoms with Crippen molar-refractivity contribution >= 4 is 38.8 Å². The topological polar surface area (TPSA) is 83.1 Å². The van der Waals surface area contributed by atoms with Crippen LogP contribution in [-0.2, 0) is 9.84 Å². The van der Waals surface area contributed by atoms with Crippen LogP contribution in [0.25, 0.3) is 23.1 Å². The zero-order valence-electron chi connectivity index (χ0n) is 16.2. The Morgan fingerprint density at radius 1 is 1.07 bits per heavy atom. The van der Waals surface area contributed by atoms with Gasteiger partial charge in [0.1, 0.15) is 9.84 Å². The largest absolute Gasteiger partial charge is 0.339 e. The van der Waals surface area contributed by atoms with Gasteiger partial charge in [0.2, 0.25) is 0 Å². The van der Waals surface area contributed by atoms with Crippen LogP contribution >= 0.6 is 0 Å². The second kappa shape index (κ2) is 7.83. The first-order chi connectivity index (χ1) is 13.9. The van der Waals surface area contributed by atoms with Gasteiger partial charge in [-0.25, -0.2) is 8.42 Å². The highest BCUT2D eigenvalue weighted by Gasteiger charge is 2.29. The molecule has 3 aromatic rings. The number of nitrogens with one attached hydrogen (secondary N) is 1. The van der Waals surface area contributed by atoms with Gasteiger partial charge in [-0.3, -0.25) is 9.89 Å². The molecule has 2 heterocycles. The second-order valence-corrected chi connectivity index (χ2v) is 9.76. The minimum Gasteiger partial charge on any atom is -0.339 e. The van der Waals surface area contributed by atoms with Gasteiger partial charge in [0.25, 0.3) is 5.91 Å². The lowest BCUT2D eigenvalue weighted by molar-refractivity contribution is 0.0725. The monoisotopic (exact) mass is 409 g/mol. The molecule has 4 rings (SSSR count). The van der Waals surface area contributed by atoms with Crippen molar-refractivity contribution < 1.29 is 13.2 Å². The Kier molecular flexibility index (Phi) is 5.24. The number of aromatic amines is 1. The Morgan fingerprint density at radius 2 is 1.76 bits per heavy atom. The van der Waals surface area contributed by atoms with Gasteiger partial charge in [-0.15, -0.1) is 0 Å². The van der Waals surface area contributed by atoms with Crippen LogP contribution in [0.15, 0.2) is 48.5 Å². The number of carbonyl (C=O) groups excluding carboxylic acids is 1. The number of sulfone groups is 1. The summed E-state index contributed by atoms with van der Waals surface area (Å²) >= 11 is 0. The van der Waals surface area contributed by atoms with Crippen molar-refractivity contribution in [3.63, 3.8) is 0 Å². The Morgan fingerprint density at radius 3 is 2.45 bits per heavy atom. The number of H-pyrrole nitrogens is 1. The van der Waals surface area contributed by atoms with Crippen molar-refractivity contribution in [3.8, 4) is 0 Å². The molecule has 1 N–H and O–H groups in total. The van der Waals surface area contributed by atoms with Gasteiger partial charge < -0.3 is 4.90 Å². The predicted octanol–water partition coefficient (Wildman–Crippen LogP) is 3.38. The number of fused-ring (bicyclic) bond motifs is 1. The van der Waals surface area contributed by atoms with Crippen LogP contribution in [-0.4, -0.2) is 54.0 Å². The number of carbonyl (C=O) groups is 1. The molecule has 0 bridgehead atoms. The van der Waals surface area contributed by atoms with E-state index in [0.29, 0.717) is 31.5 Å². The minimum atomic E-state index is -3.04. The number of piperidine rings is 1. The van der Waals surface area contributed by atoms with E-state index in [-0.39, 0.29) is 11.2 Å². The van der Waals surface area contributed by atoms with Crippen LogP contribution in [0, 0.1) is 0 Å². The molecule has 2 aromatic carbocycles. The fourth-order valence-electron chi connectivity index (χ4n) is 3.69. The van der Waals surface area contributed by atoms with Crippen LogP contribution in [0.4, 0.5) is 0 Å². The quantitative estimate of drug-likeness (QED) is 0.716. The molecule has 1 aliphatic rings. The van der Waals surface area contributed by atoms with E-state index in [4.69, 9.17) is 0 Å². The second-order valence-electron chi connectivity index (χ2n) is 7.43. The first-order valence-electron chi connectivity index (χ1n) is 9.61. The zero-order valence-corrected chi connectivity index (χ0v) is 17.0. The van der Waals surface area contributed by atoms with Gasteiger partial charge in [0.15, 0.2) is 0 Å². The van der Waals surface area contributed by atoms with E-state index < -0.39 is 9.84 Å². The van der Waals surface area contributed by atoms with Gasteiger partial charge in [-0.05, 0) is 42.7 Å². The highest BCUT2D eigenvalue weighted by atomic mass is 32.2. The van der Waals surface area contributed by atoms with Gasteiger partial charge in [-0.1, -0.05) is 36.4 Å². The molecule has 6 nitrogen and oxygen atoms in total. The molecule has 1 aliphatic heterocycles. The number of likely N-dealkylation sites (tertiary alicyclic amines) is 1. The van der Waals surface area contributed by atoms with Gasteiger partial charge >= 0.3 is 0 Å². The third-order valence-electron chi connectivity index (χ3n) is 5.43. The predicted molar refractivity (Wildman–Crippen MR) is 115 cm³/mol. The van der Waals surface area contributed by atoms with Crippen LogP contribution < -0.4 is 0 Å². The molecule has 1 saturated heterocycles. The van der Waals surface area contributed by atoms with E-state index >= 15 is 0 Å². The summed E-state index contributed by atoms with van der Waals surface area (Å²) in [4.78, 5) is 14.4. The molecule has 1 amide bonds. The lowest BCUT2D eigenvalue weighted by atomic mass is 10.1. The molecule has 0 radical (unpaired) electrons. The number of hydrogen-bond donors (Lipinski definition) is 1. The lowest BCUT2D eigenvalue weighted by Gasteiger charge is -2.31. The van der Waals surface area contributed by atoms with E-state index in [1.165, 1.54) is 6.26 Å². The van der Waals surface area contributed by atoms with Crippen LogP contribution in [0.2, 0.25) is 0 Å². The highest BCUT2D eigenvalue weighted by molar-refractivity contribution is 7.91. The Bertz CT molecular complexity index is 1160. The van der Waals surface area contributed by atoms with Crippen LogP contribution in [0.5, 0.6) is 0 Å². The van der Waals surface area contributed by atoms with Crippen molar-refractivity contribution in [1.82, 2.24) is 15.1 Å². The maximum atomic E-state index is 12.7. The summed E-state index contributed by atoms with van der Waals surface area (Å²) in [6.45, 7) is 0.953. The molecule has 0 unspecified atom stereocenters. The maximum Gasteiger partial charge on any atom is 0.253 e. The minimum absolute atomic E-state index is 0.0502. The third kappa shape index (κ3) is 4.24. The van der Waals surface area contributed by atoms with E-state index in [1.54, 1.807) is 4.90 Å². The van der Waals surface area contributed by atoms with Crippen molar-refractivity contribution in [1.29, 1.82) is 0 Å². The smallest absolute Gasteiger partial charge is 0.253 e. The standard InChI is InChI=1S/C22H23N3O3S/c1-29(27,28)18-12-14-25(15-13-18)22(26)17-9-6-16(7-10-17)8-11-21-19-4-2-3-5-20(19)23-24-21/h2-11,18H,12-15H2,1H3,(H,23,24). The molecule has 1 aromatic heterocycles. The van der Waals surface area contributed by atoms with Crippen molar-refractivity contribution in [2.45, 2.75) is 18.1 Å². The number of aromatic nitrogens is 2. The molecule has 0 aliphatic carbocycles. The Hall–Kier alpha value is -2.93. The lowest BCUT2D eigenvalue weighted by Crippen LogP contribution is -2.42. The normalized spacial score (nSPS) is 16.0. The fraction of sp³-hybridized carbons (Fsp3) is 0.273. The molecular weight excluding hydrogens is 386 g/mol. The first-order valence-corrected chi connectivity index (χ1v) is 11.6. The molecular formula is C22H23N3O3S. The number of amides is 1. The zero-order chi connectivity index (χ0) is 20.4. The molecule has 29 heavy (non-hydrogen) atoms. The number of nitrogens with zero attached hydrogens (tertiary/aromatic N) is 2.